The summed E-state index contributed by atoms with van der Waals surface area (Å²) in [6, 6.07) is 9.17. The maximum absolute atomic E-state index is 11.7. The smallest absolute Gasteiger partial charge is 0.0824 e. The Morgan fingerprint density at radius 1 is 1.50 bits per heavy atom. The van der Waals surface area contributed by atoms with E-state index in [1.54, 1.807) is 24.5 Å². The SMILES string of the molecule is CC(O)/C(I)=C\S(=O)c1ccccc1. The molecule has 0 saturated heterocycles. The molecular weight excluding hydrogens is 311 g/mol. The van der Waals surface area contributed by atoms with Crippen LogP contribution in [0.25, 0.3) is 0 Å². The highest BCUT2D eigenvalue weighted by molar-refractivity contribution is 14.1. The Bertz CT molecular complexity index is 346. The molecule has 1 N–H and O–H groups in total. The van der Waals surface area contributed by atoms with Crippen molar-refractivity contribution in [3.05, 3.63) is 39.3 Å². The molecule has 1 aromatic rings. The van der Waals surface area contributed by atoms with Crippen molar-refractivity contribution in [1.29, 1.82) is 0 Å². The summed E-state index contributed by atoms with van der Waals surface area (Å²) in [4.78, 5) is 0.752. The number of rotatable bonds is 3. The molecule has 0 aliphatic carbocycles. The summed E-state index contributed by atoms with van der Waals surface area (Å²) in [5.41, 5.74) is 0. The molecule has 0 fully saturated rings. The summed E-state index contributed by atoms with van der Waals surface area (Å²) in [5.74, 6) is 0. The molecule has 76 valence electrons. The van der Waals surface area contributed by atoms with Crippen molar-refractivity contribution in [2.24, 2.45) is 0 Å². The van der Waals surface area contributed by atoms with Gasteiger partial charge in [0.25, 0.3) is 0 Å². The fourth-order valence-corrected chi connectivity index (χ4v) is 2.48. The minimum Gasteiger partial charge on any atom is -0.388 e. The molecule has 0 radical (unpaired) electrons. The van der Waals surface area contributed by atoms with Crippen LogP contribution in [0.4, 0.5) is 0 Å². The summed E-state index contributed by atoms with van der Waals surface area (Å²) in [6.45, 7) is 1.65. The quantitative estimate of drug-likeness (QED) is 0.868. The van der Waals surface area contributed by atoms with Gasteiger partial charge in [0.15, 0.2) is 0 Å². The van der Waals surface area contributed by atoms with Gasteiger partial charge in [-0.2, -0.15) is 0 Å². The van der Waals surface area contributed by atoms with Crippen LogP contribution < -0.4 is 0 Å². The van der Waals surface area contributed by atoms with Gasteiger partial charge >= 0.3 is 0 Å². The number of halogens is 1. The molecule has 0 spiro atoms. The molecule has 0 bridgehead atoms. The van der Waals surface area contributed by atoms with Crippen LogP contribution in [0, 0.1) is 0 Å². The maximum Gasteiger partial charge on any atom is 0.0824 e. The van der Waals surface area contributed by atoms with Crippen LogP contribution in [-0.2, 0) is 10.8 Å². The summed E-state index contributed by atoms with van der Waals surface area (Å²) < 4.78 is 12.4. The van der Waals surface area contributed by atoms with Crippen molar-refractivity contribution in [2.45, 2.75) is 17.9 Å². The number of hydrogen-bond acceptors (Lipinski definition) is 2. The van der Waals surface area contributed by atoms with Crippen molar-refractivity contribution in [2.75, 3.05) is 0 Å². The van der Waals surface area contributed by atoms with Gasteiger partial charge in [0.2, 0.25) is 0 Å². The third kappa shape index (κ3) is 3.51. The average Bonchev–Trinajstić information content (AvgIpc) is 2.19. The Kier molecular flexibility index (Phi) is 4.77. The van der Waals surface area contributed by atoms with Crippen LogP contribution in [0.2, 0.25) is 0 Å². The Labute approximate surface area is 99.6 Å². The first kappa shape index (κ1) is 11.9. The van der Waals surface area contributed by atoms with Gasteiger partial charge in [-0.3, -0.25) is 0 Å². The lowest BCUT2D eigenvalue weighted by Crippen LogP contribution is -1.99. The van der Waals surface area contributed by atoms with E-state index in [9.17, 15) is 9.32 Å². The zero-order valence-corrected chi connectivity index (χ0v) is 10.7. The van der Waals surface area contributed by atoms with Crippen molar-refractivity contribution in [1.82, 2.24) is 0 Å². The summed E-state index contributed by atoms with van der Waals surface area (Å²) in [6.07, 6.45) is -0.553. The van der Waals surface area contributed by atoms with Gasteiger partial charge in [0.1, 0.15) is 0 Å². The van der Waals surface area contributed by atoms with Gasteiger partial charge in [0.05, 0.1) is 16.9 Å². The topological polar surface area (TPSA) is 37.3 Å². The molecule has 0 aliphatic heterocycles. The van der Waals surface area contributed by atoms with Crippen LogP contribution in [0.1, 0.15) is 6.92 Å². The van der Waals surface area contributed by atoms with E-state index in [-0.39, 0.29) is 0 Å². The second-order valence-electron chi connectivity index (χ2n) is 2.79. The standard InChI is InChI=1S/C10H11IO2S/c1-8(12)10(11)7-14(13)9-5-3-2-4-6-9/h2-8,12H,1H3/b10-7+. The Morgan fingerprint density at radius 3 is 2.57 bits per heavy atom. The third-order valence-electron chi connectivity index (χ3n) is 1.59. The predicted octanol–water partition coefficient (Wildman–Crippen LogP) is 2.45. The molecule has 0 amide bonds. The van der Waals surface area contributed by atoms with Crippen LogP contribution in [-0.4, -0.2) is 15.4 Å². The lowest BCUT2D eigenvalue weighted by molar-refractivity contribution is 0.242. The first-order valence-corrected chi connectivity index (χ1v) is 6.41. The highest BCUT2D eigenvalue weighted by Gasteiger charge is 2.04. The summed E-state index contributed by atoms with van der Waals surface area (Å²) in [5, 5.41) is 10.8. The predicted molar refractivity (Wildman–Crippen MR) is 66.6 cm³/mol. The van der Waals surface area contributed by atoms with E-state index in [1.165, 1.54) is 0 Å². The van der Waals surface area contributed by atoms with E-state index in [0.717, 1.165) is 4.90 Å². The molecule has 1 rings (SSSR count). The number of aliphatic hydroxyl groups excluding tert-OH is 1. The Morgan fingerprint density at radius 2 is 2.07 bits per heavy atom. The van der Waals surface area contributed by atoms with Gasteiger partial charge in [-0.1, -0.05) is 18.2 Å². The molecule has 1 aromatic carbocycles. The summed E-state index contributed by atoms with van der Waals surface area (Å²) >= 11 is 1.99. The molecule has 2 unspecified atom stereocenters. The van der Waals surface area contributed by atoms with Crippen LogP contribution >= 0.6 is 22.6 Å². The minimum absolute atomic E-state index is 0.553. The molecule has 0 aliphatic rings. The lowest BCUT2D eigenvalue weighted by Gasteiger charge is -2.02. The van der Waals surface area contributed by atoms with E-state index in [0.29, 0.717) is 3.58 Å². The second-order valence-corrected chi connectivity index (χ2v) is 5.34. The average molecular weight is 322 g/mol. The largest absolute Gasteiger partial charge is 0.388 e. The van der Waals surface area contributed by atoms with E-state index in [4.69, 9.17) is 0 Å². The van der Waals surface area contributed by atoms with Crippen LogP contribution in [0.5, 0.6) is 0 Å². The summed E-state index contributed by atoms with van der Waals surface area (Å²) in [7, 11) is -1.16. The zero-order chi connectivity index (χ0) is 10.6. The van der Waals surface area contributed by atoms with Crippen molar-refractivity contribution in [3.8, 4) is 0 Å². The zero-order valence-electron chi connectivity index (χ0n) is 7.68. The van der Waals surface area contributed by atoms with Crippen molar-refractivity contribution >= 4 is 33.4 Å². The van der Waals surface area contributed by atoms with Gasteiger partial charge in [-0.15, -0.1) is 0 Å². The Balaban J connectivity index is 2.83. The molecule has 0 heterocycles. The van der Waals surface area contributed by atoms with Gasteiger partial charge in [-0.05, 0) is 41.6 Å². The van der Waals surface area contributed by atoms with E-state index in [1.807, 2.05) is 40.8 Å². The number of hydrogen-bond donors (Lipinski definition) is 1. The lowest BCUT2D eigenvalue weighted by atomic mass is 10.4. The van der Waals surface area contributed by atoms with E-state index >= 15 is 0 Å². The highest BCUT2D eigenvalue weighted by Crippen LogP contribution is 2.15. The molecule has 2 nitrogen and oxygen atoms in total. The normalized spacial score (nSPS) is 16.4. The molecule has 0 aromatic heterocycles. The third-order valence-corrected chi connectivity index (χ3v) is 4.43. The molecule has 14 heavy (non-hydrogen) atoms. The fraction of sp³-hybridized carbons (Fsp3) is 0.200. The number of aliphatic hydroxyl groups is 1. The first-order chi connectivity index (χ1) is 6.61. The number of benzene rings is 1. The van der Waals surface area contributed by atoms with Gasteiger partial charge < -0.3 is 5.11 Å². The highest BCUT2D eigenvalue weighted by atomic mass is 127. The second kappa shape index (κ2) is 5.63. The van der Waals surface area contributed by atoms with Crippen molar-refractivity contribution in [3.63, 3.8) is 0 Å². The fourth-order valence-electron chi connectivity index (χ4n) is 0.823. The van der Waals surface area contributed by atoms with Gasteiger partial charge in [0, 0.05) is 13.9 Å². The van der Waals surface area contributed by atoms with Crippen LogP contribution in [0.3, 0.4) is 0 Å². The molecule has 0 saturated carbocycles. The first-order valence-electron chi connectivity index (χ1n) is 4.12. The monoisotopic (exact) mass is 322 g/mol. The maximum atomic E-state index is 11.7. The van der Waals surface area contributed by atoms with E-state index < -0.39 is 16.9 Å². The minimum atomic E-state index is -1.16. The van der Waals surface area contributed by atoms with E-state index in [2.05, 4.69) is 0 Å². The molecule has 2 atom stereocenters. The van der Waals surface area contributed by atoms with Crippen molar-refractivity contribution < 1.29 is 9.32 Å². The molecule has 4 heteroatoms. The molecular formula is C10H11IO2S. The Hall–Kier alpha value is -0.200. The van der Waals surface area contributed by atoms with Gasteiger partial charge in [-0.25, -0.2) is 4.21 Å². The van der Waals surface area contributed by atoms with Crippen LogP contribution in [0.15, 0.2) is 44.2 Å².